The first-order valence-electron chi connectivity index (χ1n) is 7.10. The van der Waals surface area contributed by atoms with Crippen LogP contribution in [0.4, 0.5) is 11.4 Å². The fourth-order valence-electron chi connectivity index (χ4n) is 1.91. The molecule has 0 aliphatic rings. The molecule has 2 rings (SSSR count). The Morgan fingerprint density at radius 1 is 0.731 bits per heavy atom. The molecule has 0 saturated carbocycles. The fourth-order valence-corrected chi connectivity index (χ4v) is 1.91. The molecule has 2 aromatic rings. The molecule has 0 aliphatic heterocycles. The Bertz CT molecular complexity index is 802. The van der Waals surface area contributed by atoms with Gasteiger partial charge < -0.3 is 22.9 Å². The molecule has 26 heavy (non-hydrogen) atoms. The van der Waals surface area contributed by atoms with Crippen molar-refractivity contribution in [3.63, 3.8) is 0 Å². The van der Waals surface area contributed by atoms with Crippen molar-refractivity contribution in [3.8, 4) is 0 Å². The maximum absolute atomic E-state index is 8.74. The van der Waals surface area contributed by atoms with E-state index >= 15 is 0 Å². The van der Waals surface area contributed by atoms with Gasteiger partial charge in [0.25, 0.3) is 0 Å². The molecule has 0 bridgehead atoms. The summed E-state index contributed by atoms with van der Waals surface area (Å²) in [5, 5.41) is 0. The molecular formula is C15H20N6O4S. The van der Waals surface area contributed by atoms with E-state index in [1.807, 2.05) is 48.5 Å². The highest BCUT2D eigenvalue weighted by atomic mass is 32.3. The van der Waals surface area contributed by atoms with Gasteiger partial charge >= 0.3 is 10.4 Å². The number of hydrogen-bond acceptors (Lipinski definition) is 4. The van der Waals surface area contributed by atoms with Gasteiger partial charge in [0.05, 0.1) is 11.4 Å². The van der Waals surface area contributed by atoms with E-state index in [1.165, 1.54) is 11.1 Å². The Morgan fingerprint density at radius 2 is 1.00 bits per heavy atom. The van der Waals surface area contributed by atoms with Gasteiger partial charge in [0, 0.05) is 0 Å². The number of nitrogens with zero attached hydrogens (tertiary/aromatic N) is 2. The van der Waals surface area contributed by atoms with Gasteiger partial charge in [-0.3, -0.25) is 9.11 Å². The van der Waals surface area contributed by atoms with E-state index in [2.05, 4.69) is 9.98 Å². The van der Waals surface area contributed by atoms with Gasteiger partial charge in [-0.25, -0.2) is 9.98 Å². The smallest absolute Gasteiger partial charge is 0.370 e. The van der Waals surface area contributed by atoms with Crippen molar-refractivity contribution >= 4 is 33.7 Å². The number of hydrogen-bond donors (Lipinski definition) is 6. The maximum atomic E-state index is 8.74. The minimum Gasteiger partial charge on any atom is -0.370 e. The SMILES string of the molecule is NC(N)=Nc1ccc(Cc2ccc(N=C(N)N)cc2)cc1.O=S(=O)(O)O. The zero-order chi connectivity index (χ0) is 19.7. The molecule has 140 valence electrons. The zero-order valence-electron chi connectivity index (χ0n) is 13.6. The Morgan fingerprint density at radius 3 is 1.23 bits per heavy atom. The topological polar surface area (TPSA) is 203 Å². The Kier molecular flexibility index (Phi) is 7.52. The summed E-state index contributed by atoms with van der Waals surface area (Å²) in [7, 11) is -4.67. The largest absolute Gasteiger partial charge is 0.394 e. The highest BCUT2D eigenvalue weighted by Crippen LogP contribution is 2.18. The number of nitrogens with two attached hydrogens (primary N) is 4. The Labute approximate surface area is 150 Å². The summed E-state index contributed by atoms with van der Waals surface area (Å²) in [6, 6.07) is 15.5. The molecule has 11 heteroatoms. The van der Waals surface area contributed by atoms with E-state index in [1.54, 1.807) is 0 Å². The summed E-state index contributed by atoms with van der Waals surface area (Å²) < 4.78 is 31.6. The minimum absolute atomic E-state index is 0.0538. The highest BCUT2D eigenvalue weighted by Gasteiger charge is 1.98. The van der Waals surface area contributed by atoms with Crippen LogP contribution < -0.4 is 22.9 Å². The number of aliphatic imine (C=N–C) groups is 2. The number of rotatable bonds is 4. The summed E-state index contributed by atoms with van der Waals surface area (Å²) in [5.74, 6) is 0.108. The van der Waals surface area contributed by atoms with Gasteiger partial charge in [0.15, 0.2) is 11.9 Å². The predicted octanol–water partition coefficient (Wildman–Crippen LogP) is 0.434. The van der Waals surface area contributed by atoms with Crippen LogP contribution >= 0.6 is 0 Å². The van der Waals surface area contributed by atoms with Crippen molar-refractivity contribution in [1.82, 2.24) is 0 Å². The molecular weight excluding hydrogens is 360 g/mol. The second-order valence-corrected chi connectivity index (χ2v) is 5.93. The van der Waals surface area contributed by atoms with Crippen molar-refractivity contribution in [1.29, 1.82) is 0 Å². The van der Waals surface area contributed by atoms with E-state index in [0.717, 1.165) is 17.8 Å². The normalized spacial score (nSPS) is 10.2. The lowest BCUT2D eigenvalue weighted by Gasteiger charge is -2.03. The first kappa shape index (κ1) is 20.9. The Hall–Kier alpha value is -3.15. The second kappa shape index (κ2) is 9.36. The van der Waals surface area contributed by atoms with E-state index in [-0.39, 0.29) is 11.9 Å². The third-order valence-electron chi connectivity index (χ3n) is 2.80. The quantitative estimate of drug-likeness (QED) is 0.249. The Balaban J connectivity index is 0.000000597. The van der Waals surface area contributed by atoms with Gasteiger partial charge in [-0.15, -0.1) is 0 Å². The standard InChI is InChI=1S/C15H18N6.H2O4S/c16-14(17)20-12-5-1-10(2-6-12)9-11-3-7-13(8-4-11)21-15(18)19;1-5(2,3)4/h1-8H,9H2,(H4,16,17,20)(H4,18,19,21);(H2,1,2,3,4). The molecule has 0 unspecified atom stereocenters. The van der Waals surface area contributed by atoms with Crippen molar-refractivity contribution in [2.24, 2.45) is 32.9 Å². The molecule has 10 nitrogen and oxygen atoms in total. The van der Waals surface area contributed by atoms with Crippen LogP contribution in [0.3, 0.4) is 0 Å². The number of benzene rings is 2. The summed E-state index contributed by atoms with van der Waals surface area (Å²) in [6.07, 6.45) is 0.810. The summed E-state index contributed by atoms with van der Waals surface area (Å²) >= 11 is 0. The average Bonchev–Trinajstić information content (AvgIpc) is 2.48. The third-order valence-corrected chi connectivity index (χ3v) is 2.80. The molecule has 0 amide bonds. The molecule has 0 heterocycles. The summed E-state index contributed by atoms with van der Waals surface area (Å²) in [4.78, 5) is 7.96. The second-order valence-electron chi connectivity index (χ2n) is 5.03. The number of guanidine groups is 2. The van der Waals surface area contributed by atoms with Crippen molar-refractivity contribution < 1.29 is 17.5 Å². The molecule has 0 saturated heterocycles. The lowest BCUT2D eigenvalue weighted by atomic mass is 10.0. The van der Waals surface area contributed by atoms with Gasteiger partial charge in [0.1, 0.15) is 0 Å². The maximum Gasteiger partial charge on any atom is 0.394 e. The molecule has 0 atom stereocenters. The van der Waals surface area contributed by atoms with E-state index in [0.29, 0.717) is 0 Å². The van der Waals surface area contributed by atoms with Crippen LogP contribution in [0.25, 0.3) is 0 Å². The van der Waals surface area contributed by atoms with Crippen LogP contribution in [-0.4, -0.2) is 29.4 Å². The summed E-state index contributed by atoms with van der Waals surface area (Å²) in [5.41, 5.74) is 25.1. The monoisotopic (exact) mass is 380 g/mol. The van der Waals surface area contributed by atoms with Crippen LogP contribution in [-0.2, 0) is 16.8 Å². The van der Waals surface area contributed by atoms with Crippen LogP contribution in [0, 0.1) is 0 Å². The van der Waals surface area contributed by atoms with E-state index in [9.17, 15) is 0 Å². The van der Waals surface area contributed by atoms with E-state index in [4.69, 9.17) is 40.5 Å². The minimum atomic E-state index is -4.67. The molecule has 0 radical (unpaired) electrons. The predicted molar refractivity (Wildman–Crippen MR) is 101 cm³/mol. The first-order chi connectivity index (χ1) is 12.0. The van der Waals surface area contributed by atoms with Crippen LogP contribution in [0.2, 0.25) is 0 Å². The first-order valence-corrected chi connectivity index (χ1v) is 8.49. The molecule has 10 N–H and O–H groups in total. The molecule has 0 aliphatic carbocycles. The van der Waals surface area contributed by atoms with Crippen LogP contribution in [0.5, 0.6) is 0 Å². The zero-order valence-corrected chi connectivity index (χ0v) is 14.5. The van der Waals surface area contributed by atoms with Crippen molar-refractivity contribution in [2.45, 2.75) is 6.42 Å². The fraction of sp³-hybridized carbons (Fsp3) is 0.0667. The molecule has 0 aromatic heterocycles. The van der Waals surface area contributed by atoms with Crippen molar-refractivity contribution in [3.05, 3.63) is 59.7 Å². The lowest BCUT2D eigenvalue weighted by Crippen LogP contribution is -2.21. The van der Waals surface area contributed by atoms with Gasteiger partial charge in [-0.2, -0.15) is 8.42 Å². The van der Waals surface area contributed by atoms with Crippen LogP contribution in [0.1, 0.15) is 11.1 Å². The van der Waals surface area contributed by atoms with Crippen molar-refractivity contribution in [2.75, 3.05) is 0 Å². The van der Waals surface area contributed by atoms with Gasteiger partial charge in [-0.1, -0.05) is 24.3 Å². The van der Waals surface area contributed by atoms with E-state index < -0.39 is 10.4 Å². The molecule has 0 fully saturated rings. The highest BCUT2D eigenvalue weighted by molar-refractivity contribution is 7.79. The molecule has 2 aromatic carbocycles. The summed E-state index contributed by atoms with van der Waals surface area (Å²) in [6.45, 7) is 0. The van der Waals surface area contributed by atoms with Gasteiger partial charge in [0.2, 0.25) is 0 Å². The molecule has 0 spiro atoms. The van der Waals surface area contributed by atoms with Gasteiger partial charge in [-0.05, 0) is 41.8 Å². The third kappa shape index (κ3) is 9.87. The van der Waals surface area contributed by atoms with Crippen LogP contribution in [0.15, 0.2) is 58.5 Å². The lowest BCUT2D eigenvalue weighted by molar-refractivity contribution is 0.381. The average molecular weight is 380 g/mol.